The summed E-state index contributed by atoms with van der Waals surface area (Å²) in [5, 5.41) is 9.87. The standard InChI is InChI=1S/C13H24F2O2.C2H9N3/c1-12(2,3)9-7-5-4-6-8-10-13(14,15)11(16)17;1-5(2)4-3/h4-10H2,1-3H3,(H,16,17);4H,3H2,1-2H3. The Hall–Kier alpha value is -0.790. The first-order valence-corrected chi connectivity index (χ1v) is 7.67. The van der Waals surface area contributed by atoms with E-state index >= 15 is 0 Å². The fourth-order valence-corrected chi connectivity index (χ4v) is 1.64. The van der Waals surface area contributed by atoms with Gasteiger partial charge < -0.3 is 5.11 Å². The molecule has 0 amide bonds. The number of rotatable bonds is 9. The molecule has 0 rings (SSSR count). The zero-order chi connectivity index (χ0) is 17.8. The van der Waals surface area contributed by atoms with E-state index in [2.05, 4.69) is 26.3 Å². The van der Waals surface area contributed by atoms with Gasteiger partial charge in [-0.15, -0.1) is 0 Å². The number of unbranched alkanes of at least 4 members (excludes halogenated alkanes) is 4. The molecule has 0 bridgehead atoms. The number of carboxylic acids is 1. The van der Waals surface area contributed by atoms with Crippen molar-refractivity contribution in [3.8, 4) is 0 Å². The maximum absolute atomic E-state index is 12.7. The van der Waals surface area contributed by atoms with Crippen LogP contribution in [0.15, 0.2) is 0 Å². The van der Waals surface area contributed by atoms with Gasteiger partial charge in [-0.1, -0.05) is 46.5 Å². The number of hydrogen-bond donors (Lipinski definition) is 3. The van der Waals surface area contributed by atoms with E-state index in [1.54, 1.807) is 5.01 Å². The van der Waals surface area contributed by atoms with Crippen LogP contribution in [0.25, 0.3) is 0 Å². The number of nitrogens with two attached hydrogens (primary N) is 1. The summed E-state index contributed by atoms with van der Waals surface area (Å²) in [4.78, 5) is 10.1. The van der Waals surface area contributed by atoms with Gasteiger partial charge in [0.2, 0.25) is 0 Å². The fraction of sp³-hybridized carbons (Fsp3) is 0.933. The van der Waals surface area contributed by atoms with E-state index in [4.69, 9.17) is 10.9 Å². The van der Waals surface area contributed by atoms with E-state index in [1.807, 2.05) is 14.1 Å². The summed E-state index contributed by atoms with van der Waals surface area (Å²) in [6.45, 7) is 6.54. The molecule has 0 aliphatic carbocycles. The van der Waals surface area contributed by atoms with Crippen molar-refractivity contribution in [3.63, 3.8) is 0 Å². The predicted octanol–water partition coefficient (Wildman–Crippen LogP) is 3.41. The van der Waals surface area contributed by atoms with E-state index in [9.17, 15) is 13.6 Å². The molecule has 0 radical (unpaired) electrons. The molecule has 0 spiro atoms. The lowest BCUT2D eigenvalue weighted by molar-refractivity contribution is -0.165. The maximum Gasteiger partial charge on any atom is 0.374 e. The Balaban J connectivity index is 0. The molecule has 134 valence electrons. The van der Waals surface area contributed by atoms with Crippen molar-refractivity contribution in [1.29, 1.82) is 0 Å². The SMILES string of the molecule is CC(C)(C)CCCCCCCC(F)(F)C(=O)O.CN(C)NN. The summed E-state index contributed by atoms with van der Waals surface area (Å²) in [7, 11) is 3.64. The largest absolute Gasteiger partial charge is 0.477 e. The van der Waals surface area contributed by atoms with Crippen molar-refractivity contribution in [3.05, 3.63) is 0 Å². The number of nitrogens with one attached hydrogen (secondary N) is 1. The van der Waals surface area contributed by atoms with Crippen LogP contribution in [-0.2, 0) is 4.79 Å². The van der Waals surface area contributed by atoms with Crippen LogP contribution in [0.2, 0.25) is 0 Å². The van der Waals surface area contributed by atoms with Gasteiger partial charge in [-0.05, 0) is 18.3 Å². The van der Waals surface area contributed by atoms with Gasteiger partial charge in [0.1, 0.15) is 0 Å². The Morgan fingerprint density at radius 3 is 1.73 bits per heavy atom. The summed E-state index contributed by atoms with van der Waals surface area (Å²) in [5.41, 5.74) is 2.69. The van der Waals surface area contributed by atoms with E-state index in [0.717, 1.165) is 25.7 Å². The van der Waals surface area contributed by atoms with Gasteiger partial charge in [0.25, 0.3) is 0 Å². The number of aliphatic carboxylic acids is 1. The molecule has 7 heteroatoms. The number of hydrazine groups is 2. The number of nitrogens with zero attached hydrogens (tertiary/aromatic N) is 1. The van der Waals surface area contributed by atoms with Crippen molar-refractivity contribution in [2.75, 3.05) is 14.1 Å². The Kier molecular flexibility index (Phi) is 12.5. The number of alkyl halides is 2. The van der Waals surface area contributed by atoms with Crippen LogP contribution in [0.1, 0.15) is 65.7 Å². The molecule has 0 atom stereocenters. The molecule has 0 aliphatic heterocycles. The normalized spacial score (nSPS) is 12.0. The minimum absolute atomic E-state index is 0.287. The quantitative estimate of drug-likeness (QED) is 0.344. The van der Waals surface area contributed by atoms with E-state index in [0.29, 0.717) is 11.8 Å². The van der Waals surface area contributed by atoms with Gasteiger partial charge in [-0.25, -0.2) is 9.80 Å². The van der Waals surface area contributed by atoms with Crippen LogP contribution in [0.4, 0.5) is 8.78 Å². The van der Waals surface area contributed by atoms with Crippen LogP contribution in [0.3, 0.4) is 0 Å². The summed E-state index contributed by atoms with van der Waals surface area (Å²) in [6, 6.07) is 0. The van der Waals surface area contributed by atoms with Crippen molar-refractivity contribution in [2.24, 2.45) is 11.3 Å². The molecule has 0 fully saturated rings. The molecule has 0 saturated heterocycles. The summed E-state index contributed by atoms with van der Waals surface area (Å²) >= 11 is 0. The third-order valence-electron chi connectivity index (χ3n) is 2.99. The highest BCUT2D eigenvalue weighted by molar-refractivity contribution is 5.75. The van der Waals surface area contributed by atoms with Crippen LogP contribution >= 0.6 is 0 Å². The fourth-order valence-electron chi connectivity index (χ4n) is 1.64. The molecule has 0 aromatic rings. The Morgan fingerprint density at radius 2 is 1.41 bits per heavy atom. The molecule has 0 aliphatic rings. The number of carbonyl (C=O) groups is 1. The molecular weight excluding hydrogens is 292 g/mol. The van der Waals surface area contributed by atoms with Gasteiger partial charge >= 0.3 is 11.9 Å². The van der Waals surface area contributed by atoms with Crippen molar-refractivity contribution in [1.82, 2.24) is 10.5 Å². The van der Waals surface area contributed by atoms with E-state index < -0.39 is 18.3 Å². The average Bonchev–Trinajstić information content (AvgIpc) is 2.36. The Morgan fingerprint density at radius 1 is 1.05 bits per heavy atom. The lowest BCUT2D eigenvalue weighted by Gasteiger charge is -2.17. The lowest BCUT2D eigenvalue weighted by atomic mass is 9.89. The summed E-state index contributed by atoms with van der Waals surface area (Å²) in [6.07, 6.45) is 4.63. The first-order chi connectivity index (χ1) is 9.92. The van der Waals surface area contributed by atoms with Crippen LogP contribution in [0.5, 0.6) is 0 Å². The monoisotopic (exact) mass is 325 g/mol. The molecule has 5 nitrogen and oxygen atoms in total. The molecule has 4 N–H and O–H groups in total. The zero-order valence-electron chi connectivity index (χ0n) is 14.6. The topological polar surface area (TPSA) is 78.6 Å². The Bertz CT molecular complexity index is 293. The first-order valence-electron chi connectivity index (χ1n) is 7.67. The van der Waals surface area contributed by atoms with Crippen LogP contribution < -0.4 is 11.4 Å². The second-order valence-electron chi connectivity index (χ2n) is 6.86. The molecule has 0 aromatic carbocycles. The molecule has 0 unspecified atom stereocenters. The van der Waals surface area contributed by atoms with E-state index in [-0.39, 0.29) is 6.42 Å². The first kappa shape index (κ1) is 23.5. The number of carboxylic acid groups (broad SMARTS) is 1. The Labute approximate surface area is 133 Å². The second-order valence-corrected chi connectivity index (χ2v) is 6.86. The van der Waals surface area contributed by atoms with E-state index in [1.165, 1.54) is 0 Å². The zero-order valence-corrected chi connectivity index (χ0v) is 14.6. The summed E-state index contributed by atoms with van der Waals surface area (Å²) in [5.74, 6) is -0.712. The van der Waals surface area contributed by atoms with Crippen LogP contribution in [0, 0.1) is 5.41 Å². The molecule has 0 aromatic heterocycles. The number of halogens is 2. The third kappa shape index (κ3) is 17.3. The molecule has 0 saturated carbocycles. The summed E-state index contributed by atoms with van der Waals surface area (Å²) < 4.78 is 25.4. The highest BCUT2D eigenvalue weighted by Gasteiger charge is 2.37. The van der Waals surface area contributed by atoms with Crippen LogP contribution in [-0.4, -0.2) is 36.1 Å². The van der Waals surface area contributed by atoms with Crippen molar-refractivity contribution < 1.29 is 18.7 Å². The average molecular weight is 325 g/mol. The second kappa shape index (κ2) is 11.7. The highest BCUT2D eigenvalue weighted by Crippen LogP contribution is 2.24. The van der Waals surface area contributed by atoms with Gasteiger partial charge in [-0.3, -0.25) is 5.84 Å². The smallest absolute Gasteiger partial charge is 0.374 e. The molecule has 0 heterocycles. The van der Waals surface area contributed by atoms with Gasteiger partial charge in [0.15, 0.2) is 0 Å². The van der Waals surface area contributed by atoms with Gasteiger partial charge in [0.05, 0.1) is 0 Å². The maximum atomic E-state index is 12.7. The van der Waals surface area contributed by atoms with Gasteiger partial charge in [-0.2, -0.15) is 14.3 Å². The predicted molar refractivity (Wildman–Crippen MR) is 85.4 cm³/mol. The lowest BCUT2D eigenvalue weighted by Crippen LogP contribution is -2.36. The number of hydrogen-bond acceptors (Lipinski definition) is 4. The molecular formula is C15H33F2N3O2. The minimum atomic E-state index is -3.55. The highest BCUT2D eigenvalue weighted by atomic mass is 19.3. The van der Waals surface area contributed by atoms with Crippen molar-refractivity contribution in [2.45, 2.75) is 71.6 Å². The van der Waals surface area contributed by atoms with Gasteiger partial charge in [0, 0.05) is 20.5 Å². The van der Waals surface area contributed by atoms with Crippen molar-refractivity contribution >= 4 is 5.97 Å². The minimum Gasteiger partial charge on any atom is -0.477 e. The third-order valence-corrected chi connectivity index (χ3v) is 2.99. The molecule has 22 heavy (non-hydrogen) atoms.